The molecule has 0 atom stereocenters. The highest BCUT2D eigenvalue weighted by molar-refractivity contribution is 9.10. The molecule has 0 spiro atoms. The predicted octanol–water partition coefficient (Wildman–Crippen LogP) is 0.519. The smallest absolute Gasteiger partial charge is 0.186 e. The molecule has 0 aliphatic carbocycles. The van der Waals surface area contributed by atoms with E-state index in [0.29, 0.717) is 11.4 Å². The molecule has 0 radical (unpaired) electrons. The minimum absolute atomic E-state index is 0.0449. The summed E-state index contributed by atoms with van der Waals surface area (Å²) in [5.74, 6) is 0.347. The lowest BCUT2D eigenvalue weighted by Gasteiger charge is -2.04. The van der Waals surface area contributed by atoms with Crippen LogP contribution in [0.25, 0.3) is 5.82 Å². The summed E-state index contributed by atoms with van der Waals surface area (Å²) in [6, 6.07) is 1.59. The van der Waals surface area contributed by atoms with Crippen molar-refractivity contribution in [3.05, 3.63) is 34.7 Å². The molecular formula is C8H7BrN6O. The Balaban J connectivity index is 2.57. The normalized spacial score (nSPS) is 11.7. The average molecular weight is 283 g/mol. The molecule has 0 fully saturated rings. The van der Waals surface area contributed by atoms with E-state index in [1.165, 1.54) is 10.9 Å². The van der Waals surface area contributed by atoms with Crippen LogP contribution in [0.4, 0.5) is 0 Å². The van der Waals surface area contributed by atoms with E-state index >= 15 is 0 Å². The molecule has 2 aromatic rings. The fourth-order valence-electron chi connectivity index (χ4n) is 1.16. The second-order valence-corrected chi connectivity index (χ2v) is 3.77. The van der Waals surface area contributed by atoms with Crippen LogP contribution in [-0.2, 0) is 0 Å². The van der Waals surface area contributed by atoms with Crippen molar-refractivity contribution in [3.8, 4) is 5.82 Å². The van der Waals surface area contributed by atoms with Crippen molar-refractivity contribution in [1.29, 1.82) is 0 Å². The molecule has 8 heteroatoms. The number of amidine groups is 1. The van der Waals surface area contributed by atoms with E-state index in [2.05, 4.69) is 36.4 Å². The number of oxime groups is 1. The Bertz CT molecular complexity index is 537. The van der Waals surface area contributed by atoms with Crippen LogP contribution >= 0.6 is 15.9 Å². The molecule has 0 saturated carbocycles. The van der Waals surface area contributed by atoms with Crippen molar-refractivity contribution in [3.63, 3.8) is 0 Å². The third-order valence-electron chi connectivity index (χ3n) is 1.85. The average Bonchev–Trinajstić information content (AvgIpc) is 2.75. The Morgan fingerprint density at radius 1 is 1.56 bits per heavy atom. The van der Waals surface area contributed by atoms with E-state index in [1.807, 2.05) is 0 Å². The lowest BCUT2D eigenvalue weighted by atomic mass is 10.2. The van der Waals surface area contributed by atoms with E-state index in [9.17, 15) is 0 Å². The summed E-state index contributed by atoms with van der Waals surface area (Å²) in [6.45, 7) is 0. The first-order valence-corrected chi connectivity index (χ1v) is 5.02. The standard InChI is InChI=1S/C8H7BrN6O/c9-5-3-12-15(4-5)8-6(7(10)14-16)1-2-11-13-8/h1-4,16H,(H2,10,14). The summed E-state index contributed by atoms with van der Waals surface area (Å²) in [5.41, 5.74) is 5.97. The van der Waals surface area contributed by atoms with Gasteiger partial charge in [0.15, 0.2) is 11.7 Å². The fourth-order valence-corrected chi connectivity index (χ4v) is 1.45. The van der Waals surface area contributed by atoms with Crippen LogP contribution in [0.2, 0.25) is 0 Å². The second kappa shape index (κ2) is 4.27. The molecule has 0 aliphatic rings. The molecule has 0 aliphatic heterocycles. The number of halogens is 1. The summed E-state index contributed by atoms with van der Waals surface area (Å²) < 4.78 is 2.27. The van der Waals surface area contributed by atoms with Crippen LogP contribution in [0, 0.1) is 0 Å². The summed E-state index contributed by atoms with van der Waals surface area (Å²) >= 11 is 3.27. The molecule has 0 unspecified atom stereocenters. The molecule has 2 rings (SSSR count). The van der Waals surface area contributed by atoms with Gasteiger partial charge in [-0.15, -0.1) is 5.10 Å². The minimum Gasteiger partial charge on any atom is -0.409 e. The Morgan fingerprint density at radius 3 is 3.00 bits per heavy atom. The van der Waals surface area contributed by atoms with E-state index in [-0.39, 0.29) is 5.84 Å². The molecule has 82 valence electrons. The first kappa shape index (κ1) is 10.6. The van der Waals surface area contributed by atoms with Crippen LogP contribution in [0.15, 0.2) is 34.3 Å². The van der Waals surface area contributed by atoms with Gasteiger partial charge in [0.1, 0.15) is 0 Å². The first-order valence-electron chi connectivity index (χ1n) is 4.22. The Morgan fingerprint density at radius 2 is 2.38 bits per heavy atom. The predicted molar refractivity (Wildman–Crippen MR) is 59.4 cm³/mol. The van der Waals surface area contributed by atoms with Crippen LogP contribution < -0.4 is 5.73 Å². The zero-order valence-electron chi connectivity index (χ0n) is 7.95. The maximum absolute atomic E-state index is 8.64. The highest BCUT2D eigenvalue weighted by Crippen LogP contribution is 2.13. The Labute approximate surface area is 98.7 Å². The van der Waals surface area contributed by atoms with Crippen LogP contribution in [0.1, 0.15) is 5.56 Å². The number of hydrogen-bond acceptors (Lipinski definition) is 5. The fraction of sp³-hybridized carbons (Fsp3) is 0. The topological polar surface area (TPSA) is 102 Å². The van der Waals surface area contributed by atoms with Gasteiger partial charge >= 0.3 is 0 Å². The van der Waals surface area contributed by atoms with Gasteiger partial charge in [-0.25, -0.2) is 4.68 Å². The Hall–Kier alpha value is -1.96. The van der Waals surface area contributed by atoms with Gasteiger partial charge in [-0.1, -0.05) is 5.16 Å². The van der Waals surface area contributed by atoms with Gasteiger partial charge in [0.2, 0.25) is 0 Å². The SMILES string of the molecule is N/C(=N/O)c1ccnnc1-n1cc(Br)cn1. The largest absolute Gasteiger partial charge is 0.409 e. The summed E-state index contributed by atoms with van der Waals surface area (Å²) in [5, 5.41) is 23.2. The number of rotatable bonds is 2. The Kier molecular flexibility index (Phi) is 2.82. The molecule has 16 heavy (non-hydrogen) atoms. The van der Waals surface area contributed by atoms with E-state index in [4.69, 9.17) is 10.9 Å². The molecule has 2 heterocycles. The van der Waals surface area contributed by atoms with Crippen molar-refractivity contribution in [2.24, 2.45) is 10.9 Å². The molecule has 3 N–H and O–H groups in total. The van der Waals surface area contributed by atoms with Crippen molar-refractivity contribution < 1.29 is 5.21 Å². The van der Waals surface area contributed by atoms with Crippen molar-refractivity contribution >= 4 is 21.8 Å². The van der Waals surface area contributed by atoms with Crippen LogP contribution in [-0.4, -0.2) is 31.0 Å². The van der Waals surface area contributed by atoms with Gasteiger partial charge in [-0.3, -0.25) is 0 Å². The monoisotopic (exact) mass is 282 g/mol. The number of nitrogens with two attached hydrogens (primary N) is 1. The van der Waals surface area contributed by atoms with Gasteiger partial charge in [0.25, 0.3) is 0 Å². The van der Waals surface area contributed by atoms with Gasteiger partial charge < -0.3 is 10.9 Å². The highest BCUT2D eigenvalue weighted by Gasteiger charge is 2.11. The maximum Gasteiger partial charge on any atom is 0.186 e. The van der Waals surface area contributed by atoms with Crippen molar-refractivity contribution in [2.45, 2.75) is 0 Å². The summed E-state index contributed by atoms with van der Waals surface area (Å²) in [4.78, 5) is 0. The lowest BCUT2D eigenvalue weighted by Crippen LogP contribution is -2.18. The molecule has 0 aromatic carbocycles. The molecular weight excluding hydrogens is 276 g/mol. The third-order valence-corrected chi connectivity index (χ3v) is 2.26. The number of nitrogens with zero attached hydrogens (tertiary/aromatic N) is 5. The summed E-state index contributed by atoms with van der Waals surface area (Å²) in [6.07, 6.45) is 4.75. The van der Waals surface area contributed by atoms with Crippen molar-refractivity contribution in [2.75, 3.05) is 0 Å². The molecule has 0 bridgehead atoms. The zero-order chi connectivity index (χ0) is 11.5. The number of aromatic nitrogens is 4. The highest BCUT2D eigenvalue weighted by atomic mass is 79.9. The number of hydrogen-bond donors (Lipinski definition) is 2. The van der Waals surface area contributed by atoms with E-state index < -0.39 is 0 Å². The van der Waals surface area contributed by atoms with Gasteiger partial charge in [0.05, 0.1) is 22.4 Å². The summed E-state index contributed by atoms with van der Waals surface area (Å²) in [7, 11) is 0. The third kappa shape index (κ3) is 1.87. The molecule has 2 aromatic heterocycles. The molecule has 0 amide bonds. The molecule has 0 saturated heterocycles. The van der Waals surface area contributed by atoms with Crippen molar-refractivity contribution in [1.82, 2.24) is 20.0 Å². The lowest BCUT2D eigenvalue weighted by molar-refractivity contribution is 0.318. The van der Waals surface area contributed by atoms with Crippen LogP contribution in [0.3, 0.4) is 0 Å². The zero-order valence-corrected chi connectivity index (χ0v) is 9.53. The van der Waals surface area contributed by atoms with E-state index in [0.717, 1.165) is 4.47 Å². The van der Waals surface area contributed by atoms with Gasteiger partial charge in [-0.05, 0) is 22.0 Å². The minimum atomic E-state index is -0.0449. The molecule has 7 nitrogen and oxygen atoms in total. The van der Waals surface area contributed by atoms with Gasteiger partial charge in [0, 0.05) is 6.20 Å². The first-order chi connectivity index (χ1) is 7.72. The quantitative estimate of drug-likeness (QED) is 0.362. The van der Waals surface area contributed by atoms with Crippen LogP contribution in [0.5, 0.6) is 0 Å². The maximum atomic E-state index is 8.64. The second-order valence-electron chi connectivity index (χ2n) is 2.86. The van der Waals surface area contributed by atoms with E-state index in [1.54, 1.807) is 18.5 Å². The van der Waals surface area contributed by atoms with Gasteiger partial charge in [-0.2, -0.15) is 10.2 Å².